The Morgan fingerprint density at radius 1 is 1.56 bits per heavy atom. The van der Waals surface area contributed by atoms with Gasteiger partial charge in [0.05, 0.1) is 4.88 Å². The van der Waals surface area contributed by atoms with Crippen LogP contribution < -0.4 is 0 Å². The van der Waals surface area contributed by atoms with E-state index in [1.807, 2.05) is 0 Å². The van der Waals surface area contributed by atoms with Gasteiger partial charge in [-0.2, -0.15) is 5.10 Å². The van der Waals surface area contributed by atoms with E-state index in [-0.39, 0.29) is 5.69 Å². The van der Waals surface area contributed by atoms with E-state index in [4.69, 9.17) is 5.11 Å². The number of carbonyl (C=O) groups excluding carboxylic acids is 1. The largest absolute Gasteiger partial charge is 0.476 e. The summed E-state index contributed by atoms with van der Waals surface area (Å²) < 4.78 is 1.52. The van der Waals surface area contributed by atoms with Crippen molar-refractivity contribution >= 4 is 23.6 Å². The van der Waals surface area contributed by atoms with Gasteiger partial charge in [-0.1, -0.05) is 0 Å². The van der Waals surface area contributed by atoms with E-state index in [0.29, 0.717) is 4.88 Å². The summed E-state index contributed by atoms with van der Waals surface area (Å²) in [6.07, 6.45) is 0.755. The fourth-order valence-corrected chi connectivity index (χ4v) is 2.15. The summed E-state index contributed by atoms with van der Waals surface area (Å²) in [7, 11) is 0. The average Bonchev–Trinajstić information content (AvgIpc) is 2.83. The molecule has 0 radical (unpaired) electrons. The van der Waals surface area contributed by atoms with Gasteiger partial charge in [0.2, 0.25) is 0 Å². The molecule has 0 atom stereocenters. The van der Waals surface area contributed by atoms with Crippen molar-refractivity contribution in [2.45, 2.75) is 6.92 Å². The standard InChI is InChI=1S/C10H8N2O3S/c1-6-4-8(10(14)15)11-12(6)9-3-2-7(5-13)16-9/h2-5H,1H3,(H,14,15). The van der Waals surface area contributed by atoms with Crippen LogP contribution in [0.25, 0.3) is 5.00 Å². The molecule has 6 heteroatoms. The van der Waals surface area contributed by atoms with Crippen molar-refractivity contribution in [3.8, 4) is 5.00 Å². The van der Waals surface area contributed by atoms with Crippen LogP contribution in [0.1, 0.15) is 25.9 Å². The first-order valence-electron chi connectivity index (χ1n) is 4.47. The number of aromatic carboxylic acids is 1. The molecular weight excluding hydrogens is 228 g/mol. The second-order valence-corrected chi connectivity index (χ2v) is 4.28. The van der Waals surface area contributed by atoms with E-state index in [2.05, 4.69) is 5.10 Å². The van der Waals surface area contributed by atoms with Crippen LogP contribution in [0.15, 0.2) is 18.2 Å². The third-order valence-corrected chi connectivity index (χ3v) is 3.03. The van der Waals surface area contributed by atoms with Gasteiger partial charge >= 0.3 is 5.97 Å². The fourth-order valence-electron chi connectivity index (χ4n) is 1.32. The minimum Gasteiger partial charge on any atom is -0.476 e. The molecule has 1 N–H and O–H groups in total. The maximum Gasteiger partial charge on any atom is 0.356 e. The van der Waals surface area contributed by atoms with Gasteiger partial charge in [-0.3, -0.25) is 4.79 Å². The molecule has 2 aromatic heterocycles. The van der Waals surface area contributed by atoms with Crippen molar-refractivity contribution in [2.24, 2.45) is 0 Å². The number of hydrogen-bond donors (Lipinski definition) is 1. The monoisotopic (exact) mass is 236 g/mol. The molecular formula is C10H8N2O3S. The second kappa shape index (κ2) is 3.90. The Balaban J connectivity index is 2.47. The Kier molecular flexibility index (Phi) is 2.57. The number of nitrogens with zero attached hydrogens (tertiary/aromatic N) is 2. The minimum atomic E-state index is -1.06. The number of rotatable bonds is 3. The van der Waals surface area contributed by atoms with Crippen molar-refractivity contribution in [3.63, 3.8) is 0 Å². The van der Waals surface area contributed by atoms with E-state index < -0.39 is 5.97 Å². The van der Waals surface area contributed by atoms with Crippen molar-refractivity contribution in [1.29, 1.82) is 0 Å². The van der Waals surface area contributed by atoms with Gasteiger partial charge in [-0.15, -0.1) is 11.3 Å². The molecule has 2 heterocycles. The summed E-state index contributed by atoms with van der Waals surface area (Å²) in [5, 5.41) is 13.5. The van der Waals surface area contributed by atoms with Gasteiger partial charge < -0.3 is 5.11 Å². The third kappa shape index (κ3) is 1.74. The number of carboxylic acid groups (broad SMARTS) is 1. The van der Waals surface area contributed by atoms with E-state index in [9.17, 15) is 9.59 Å². The summed E-state index contributed by atoms with van der Waals surface area (Å²) in [5.74, 6) is -1.06. The van der Waals surface area contributed by atoms with Crippen LogP contribution in [0.5, 0.6) is 0 Å². The molecule has 0 aliphatic heterocycles. The maximum absolute atomic E-state index is 10.7. The second-order valence-electron chi connectivity index (χ2n) is 3.18. The first kappa shape index (κ1) is 10.6. The Hall–Kier alpha value is -1.95. The quantitative estimate of drug-likeness (QED) is 0.824. The van der Waals surface area contributed by atoms with Crippen LogP contribution in [-0.4, -0.2) is 27.1 Å². The molecule has 0 aliphatic carbocycles. The lowest BCUT2D eigenvalue weighted by molar-refractivity contribution is 0.0690. The van der Waals surface area contributed by atoms with Crippen LogP contribution in [-0.2, 0) is 0 Å². The number of hydrogen-bond acceptors (Lipinski definition) is 4. The summed E-state index contributed by atoms with van der Waals surface area (Å²) >= 11 is 1.26. The molecule has 0 saturated carbocycles. The molecule has 2 rings (SSSR count). The van der Waals surface area contributed by atoms with Crippen LogP contribution in [0.2, 0.25) is 0 Å². The molecule has 0 aliphatic rings. The topological polar surface area (TPSA) is 72.2 Å². The number of aldehydes is 1. The third-order valence-electron chi connectivity index (χ3n) is 2.04. The summed E-state index contributed by atoms with van der Waals surface area (Å²) in [6.45, 7) is 1.76. The molecule has 0 bridgehead atoms. The SMILES string of the molecule is Cc1cc(C(=O)O)nn1-c1ccc(C=O)s1. The first-order valence-corrected chi connectivity index (χ1v) is 5.29. The number of aryl methyl sites for hydroxylation is 1. The smallest absolute Gasteiger partial charge is 0.356 e. The van der Waals surface area contributed by atoms with Crippen molar-refractivity contribution in [1.82, 2.24) is 9.78 Å². The number of aromatic nitrogens is 2. The van der Waals surface area contributed by atoms with Crippen molar-refractivity contribution < 1.29 is 14.7 Å². The summed E-state index contributed by atoms with van der Waals surface area (Å²) in [6, 6.07) is 4.90. The fraction of sp³-hybridized carbons (Fsp3) is 0.100. The minimum absolute atomic E-state index is 0.00134. The highest BCUT2D eigenvalue weighted by molar-refractivity contribution is 7.16. The van der Waals surface area contributed by atoms with Crippen molar-refractivity contribution in [3.05, 3.63) is 34.5 Å². The van der Waals surface area contributed by atoms with Crippen LogP contribution in [0, 0.1) is 6.92 Å². The molecule has 0 unspecified atom stereocenters. The predicted octanol–water partition coefficient (Wildman–Crippen LogP) is 1.75. The average molecular weight is 236 g/mol. The van der Waals surface area contributed by atoms with Gasteiger partial charge in [0.25, 0.3) is 0 Å². The molecule has 0 fully saturated rings. The van der Waals surface area contributed by atoms with E-state index in [0.717, 1.165) is 17.0 Å². The molecule has 2 aromatic rings. The number of carbonyl (C=O) groups is 2. The molecule has 0 aromatic carbocycles. The zero-order valence-electron chi connectivity index (χ0n) is 8.38. The Bertz CT molecular complexity index is 556. The van der Waals surface area contributed by atoms with Crippen LogP contribution in [0.3, 0.4) is 0 Å². The van der Waals surface area contributed by atoms with Gasteiger partial charge in [-0.25, -0.2) is 9.48 Å². The Morgan fingerprint density at radius 3 is 2.81 bits per heavy atom. The van der Waals surface area contributed by atoms with E-state index in [1.165, 1.54) is 22.1 Å². The van der Waals surface area contributed by atoms with Crippen LogP contribution >= 0.6 is 11.3 Å². The summed E-state index contributed by atoms with van der Waals surface area (Å²) in [4.78, 5) is 21.9. The highest BCUT2D eigenvalue weighted by Crippen LogP contribution is 2.20. The molecule has 0 amide bonds. The summed E-state index contributed by atoms with van der Waals surface area (Å²) in [5.41, 5.74) is 0.718. The zero-order chi connectivity index (χ0) is 11.7. The zero-order valence-corrected chi connectivity index (χ0v) is 9.19. The lowest BCUT2D eigenvalue weighted by Crippen LogP contribution is -2.00. The Morgan fingerprint density at radius 2 is 2.31 bits per heavy atom. The highest BCUT2D eigenvalue weighted by atomic mass is 32.1. The van der Waals surface area contributed by atoms with E-state index in [1.54, 1.807) is 19.1 Å². The lowest BCUT2D eigenvalue weighted by atomic mass is 10.4. The van der Waals surface area contributed by atoms with Gasteiger partial charge in [0.1, 0.15) is 5.00 Å². The first-order chi connectivity index (χ1) is 7.61. The van der Waals surface area contributed by atoms with Gasteiger partial charge in [0, 0.05) is 5.69 Å². The molecule has 0 saturated heterocycles. The maximum atomic E-state index is 10.7. The Labute approximate surface area is 94.9 Å². The molecule has 16 heavy (non-hydrogen) atoms. The molecule has 0 spiro atoms. The molecule has 5 nitrogen and oxygen atoms in total. The van der Waals surface area contributed by atoms with Gasteiger partial charge in [0.15, 0.2) is 12.0 Å². The number of carboxylic acids is 1. The predicted molar refractivity (Wildman–Crippen MR) is 58.5 cm³/mol. The highest BCUT2D eigenvalue weighted by Gasteiger charge is 2.12. The van der Waals surface area contributed by atoms with Gasteiger partial charge in [-0.05, 0) is 25.1 Å². The lowest BCUT2D eigenvalue weighted by Gasteiger charge is -1.97. The van der Waals surface area contributed by atoms with Crippen LogP contribution in [0.4, 0.5) is 0 Å². The normalized spacial score (nSPS) is 10.3. The van der Waals surface area contributed by atoms with E-state index >= 15 is 0 Å². The van der Waals surface area contributed by atoms with Crippen molar-refractivity contribution in [2.75, 3.05) is 0 Å². The number of thiophene rings is 1. The molecule has 82 valence electrons.